The molecule has 1 rings (SSSR count). The summed E-state index contributed by atoms with van der Waals surface area (Å²) in [5.41, 5.74) is 0. The fourth-order valence-electron chi connectivity index (χ4n) is 2.45. The van der Waals surface area contributed by atoms with Crippen molar-refractivity contribution in [2.24, 2.45) is 0 Å². The third kappa shape index (κ3) is 5.08. The van der Waals surface area contributed by atoms with Gasteiger partial charge in [0.1, 0.15) is 0 Å². The van der Waals surface area contributed by atoms with Crippen LogP contribution in [0.4, 0.5) is 0 Å². The van der Waals surface area contributed by atoms with Gasteiger partial charge in [-0.2, -0.15) is 0 Å². The molecule has 0 aliphatic carbocycles. The molecule has 0 fully saturated rings. The highest BCUT2D eigenvalue weighted by Crippen LogP contribution is 2.20. The van der Waals surface area contributed by atoms with E-state index in [4.69, 9.17) is 4.43 Å². The number of rotatable bonds is 7. The second kappa shape index (κ2) is 6.69. The molecule has 0 saturated heterocycles. The van der Waals surface area contributed by atoms with Crippen molar-refractivity contribution in [3.63, 3.8) is 0 Å². The summed E-state index contributed by atoms with van der Waals surface area (Å²) in [6.45, 7) is 12.6. The van der Waals surface area contributed by atoms with E-state index in [9.17, 15) is 0 Å². The van der Waals surface area contributed by atoms with Crippen LogP contribution in [0.3, 0.4) is 0 Å². The molecule has 0 radical (unpaired) electrons. The average Bonchev–Trinajstić information content (AvgIpc) is 2.29. The second-order valence-corrected chi connectivity index (χ2v) is 15.4. The van der Waals surface area contributed by atoms with Crippen molar-refractivity contribution in [1.29, 1.82) is 0 Å². The molecule has 18 heavy (non-hydrogen) atoms. The van der Waals surface area contributed by atoms with Gasteiger partial charge in [-0.1, -0.05) is 61.1 Å². The Morgan fingerprint density at radius 1 is 0.944 bits per heavy atom. The zero-order chi connectivity index (χ0) is 13.6. The van der Waals surface area contributed by atoms with Gasteiger partial charge < -0.3 is 4.43 Å². The smallest absolute Gasteiger partial charge is 0.186 e. The molecule has 0 atom stereocenters. The van der Waals surface area contributed by atoms with E-state index in [0.717, 1.165) is 6.61 Å². The van der Waals surface area contributed by atoms with Crippen molar-refractivity contribution >= 4 is 21.6 Å². The predicted molar refractivity (Wildman–Crippen MR) is 86.9 cm³/mol. The molecule has 1 aromatic carbocycles. The highest BCUT2D eigenvalue weighted by atomic mass is 28.4. The third-order valence-electron chi connectivity index (χ3n) is 3.67. The quantitative estimate of drug-likeness (QED) is 0.679. The minimum atomic E-state index is -1.38. The van der Waals surface area contributed by atoms with Crippen molar-refractivity contribution in [2.45, 2.75) is 51.6 Å². The maximum absolute atomic E-state index is 5.90. The molecule has 1 aromatic rings. The monoisotopic (exact) mass is 280 g/mol. The van der Waals surface area contributed by atoms with E-state index < -0.39 is 16.4 Å². The lowest BCUT2D eigenvalue weighted by atomic mass is 10.4. The largest absolute Gasteiger partial charge is 0.418 e. The van der Waals surface area contributed by atoms with E-state index in [-0.39, 0.29) is 0 Å². The molecule has 0 bridgehead atoms. The second-order valence-electron chi connectivity index (χ2n) is 6.30. The van der Waals surface area contributed by atoms with Gasteiger partial charge in [0.25, 0.3) is 0 Å². The van der Waals surface area contributed by atoms with Crippen LogP contribution in [0, 0.1) is 0 Å². The summed E-state index contributed by atoms with van der Waals surface area (Å²) in [4.78, 5) is 0. The maximum atomic E-state index is 5.90. The molecule has 0 N–H and O–H groups in total. The molecule has 3 heteroatoms. The molecule has 0 amide bonds. The lowest BCUT2D eigenvalue weighted by molar-refractivity contribution is 0.328. The van der Waals surface area contributed by atoms with Crippen molar-refractivity contribution in [3.05, 3.63) is 30.3 Å². The molecule has 0 aromatic heterocycles. The van der Waals surface area contributed by atoms with Gasteiger partial charge >= 0.3 is 0 Å². The first-order valence-corrected chi connectivity index (χ1v) is 13.4. The van der Waals surface area contributed by atoms with Crippen LogP contribution in [0.1, 0.15) is 13.3 Å². The summed E-state index contributed by atoms with van der Waals surface area (Å²) in [5.74, 6) is 0. The number of hydrogen-bond acceptors (Lipinski definition) is 1. The Morgan fingerprint density at radius 3 is 2.11 bits per heavy atom. The van der Waals surface area contributed by atoms with Crippen LogP contribution in [-0.4, -0.2) is 23.0 Å². The van der Waals surface area contributed by atoms with E-state index in [1.807, 2.05) is 0 Å². The molecule has 0 unspecified atom stereocenters. The molecular formula is C15H28OSi2. The van der Waals surface area contributed by atoms with Gasteiger partial charge in [-0.25, -0.2) is 0 Å². The number of benzene rings is 1. The third-order valence-corrected chi connectivity index (χ3v) is 9.80. The van der Waals surface area contributed by atoms with E-state index >= 15 is 0 Å². The van der Waals surface area contributed by atoms with Crippen molar-refractivity contribution < 1.29 is 4.43 Å². The fourth-order valence-corrected chi connectivity index (χ4v) is 7.20. The summed E-state index contributed by atoms with van der Waals surface area (Å²) in [6.07, 6.45) is 1.33. The first-order valence-electron chi connectivity index (χ1n) is 7.07. The van der Waals surface area contributed by atoms with Crippen molar-refractivity contribution in [3.8, 4) is 0 Å². The lowest BCUT2D eigenvalue weighted by Gasteiger charge is -2.26. The summed E-state index contributed by atoms with van der Waals surface area (Å²) in [7, 11) is -2.62. The standard InChI is InChI=1S/C15H28OSi2/c1-6-16-18(4,5)14-10-13-17(2,3)15-11-8-7-9-12-15/h7-9,11-12H,6,10,13-14H2,1-5H3. The molecule has 0 spiro atoms. The average molecular weight is 281 g/mol. The van der Waals surface area contributed by atoms with Gasteiger partial charge in [-0.3, -0.25) is 0 Å². The van der Waals surface area contributed by atoms with Gasteiger partial charge in [-0.15, -0.1) is 0 Å². The zero-order valence-electron chi connectivity index (χ0n) is 12.6. The predicted octanol–water partition coefficient (Wildman–Crippen LogP) is 4.23. The Balaban J connectivity index is 2.48. The summed E-state index contributed by atoms with van der Waals surface area (Å²) < 4.78 is 5.90. The minimum Gasteiger partial charge on any atom is -0.418 e. The molecule has 1 nitrogen and oxygen atoms in total. The van der Waals surface area contributed by atoms with Crippen LogP contribution in [-0.2, 0) is 4.43 Å². The Morgan fingerprint density at radius 2 is 1.56 bits per heavy atom. The van der Waals surface area contributed by atoms with E-state index in [1.54, 1.807) is 5.19 Å². The molecule has 0 aliphatic heterocycles. The first kappa shape index (κ1) is 15.7. The summed E-state index contributed by atoms with van der Waals surface area (Å²) in [5, 5.41) is 1.58. The lowest BCUT2D eigenvalue weighted by Crippen LogP contribution is -2.41. The van der Waals surface area contributed by atoms with Gasteiger partial charge in [0.15, 0.2) is 8.32 Å². The van der Waals surface area contributed by atoms with Crippen molar-refractivity contribution in [2.75, 3.05) is 6.61 Å². The maximum Gasteiger partial charge on any atom is 0.186 e. The van der Waals surface area contributed by atoms with E-state index in [1.165, 1.54) is 18.5 Å². The van der Waals surface area contributed by atoms with Gasteiger partial charge in [0.05, 0.1) is 8.07 Å². The van der Waals surface area contributed by atoms with Crippen LogP contribution >= 0.6 is 0 Å². The molecule has 0 aliphatic rings. The molecule has 0 heterocycles. The van der Waals surface area contributed by atoms with Gasteiger partial charge in [0, 0.05) is 6.61 Å². The summed E-state index contributed by atoms with van der Waals surface area (Å²) >= 11 is 0. The molecule has 102 valence electrons. The van der Waals surface area contributed by atoms with Crippen LogP contribution in [0.25, 0.3) is 0 Å². The Kier molecular flexibility index (Phi) is 5.82. The van der Waals surface area contributed by atoms with Gasteiger partial charge in [-0.05, 0) is 26.1 Å². The Bertz CT molecular complexity index is 347. The first-order chi connectivity index (χ1) is 8.37. The topological polar surface area (TPSA) is 9.23 Å². The van der Waals surface area contributed by atoms with E-state index in [2.05, 4.69) is 63.4 Å². The van der Waals surface area contributed by atoms with Crippen LogP contribution in [0.5, 0.6) is 0 Å². The highest BCUT2D eigenvalue weighted by Gasteiger charge is 2.26. The SMILES string of the molecule is CCO[Si](C)(C)CCC[Si](C)(C)c1ccccc1. The highest BCUT2D eigenvalue weighted by molar-refractivity contribution is 6.89. The Hall–Kier alpha value is -0.386. The van der Waals surface area contributed by atoms with Crippen molar-refractivity contribution in [1.82, 2.24) is 0 Å². The number of hydrogen-bond donors (Lipinski definition) is 0. The van der Waals surface area contributed by atoms with Crippen LogP contribution in [0.15, 0.2) is 30.3 Å². The Labute approximate surface area is 115 Å². The summed E-state index contributed by atoms with van der Waals surface area (Å²) in [6, 6.07) is 13.7. The zero-order valence-corrected chi connectivity index (χ0v) is 14.6. The van der Waals surface area contributed by atoms with Crippen LogP contribution < -0.4 is 5.19 Å². The molecule has 0 saturated carbocycles. The normalized spacial score (nSPS) is 12.7. The minimum absolute atomic E-state index is 0.874. The fraction of sp³-hybridized carbons (Fsp3) is 0.600. The van der Waals surface area contributed by atoms with Crippen LogP contribution in [0.2, 0.25) is 38.3 Å². The van der Waals surface area contributed by atoms with Gasteiger partial charge in [0.2, 0.25) is 0 Å². The molecular weight excluding hydrogens is 252 g/mol. The van der Waals surface area contributed by atoms with E-state index in [0.29, 0.717) is 0 Å².